The minimum absolute atomic E-state index is 0.707. The zero-order valence-electron chi connectivity index (χ0n) is 15.0. The Bertz CT molecular complexity index is 524. The van der Waals surface area contributed by atoms with E-state index in [4.69, 9.17) is 4.99 Å². The molecule has 2 saturated heterocycles. The normalized spacial score (nSPS) is 22.9. The van der Waals surface area contributed by atoms with Crippen molar-refractivity contribution in [2.75, 3.05) is 64.3 Å². The summed E-state index contributed by atoms with van der Waals surface area (Å²) in [4.78, 5) is 16.5. The van der Waals surface area contributed by atoms with Gasteiger partial charge in [0.25, 0.3) is 0 Å². The maximum atomic E-state index is 4.92. The first-order chi connectivity index (χ1) is 11.8. The molecule has 0 radical (unpaired) electrons. The topological polar surface area (TPSA) is 47.0 Å². The Morgan fingerprint density at radius 2 is 2.08 bits per heavy atom. The smallest absolute Gasteiger partial charge is 0.194 e. The zero-order chi connectivity index (χ0) is 16.8. The Labute approximate surface area is 145 Å². The van der Waals surface area contributed by atoms with Gasteiger partial charge in [-0.25, -0.2) is 4.98 Å². The van der Waals surface area contributed by atoms with Crippen LogP contribution in [0.5, 0.6) is 0 Å². The molecule has 1 atom stereocenters. The third kappa shape index (κ3) is 4.38. The lowest BCUT2D eigenvalue weighted by molar-refractivity contribution is 0.368. The van der Waals surface area contributed by atoms with Crippen molar-refractivity contribution >= 4 is 11.8 Å². The van der Waals surface area contributed by atoms with Crippen molar-refractivity contribution in [2.24, 2.45) is 10.9 Å². The summed E-state index contributed by atoms with van der Waals surface area (Å²) in [5, 5.41) is 3.47. The van der Waals surface area contributed by atoms with Gasteiger partial charge in [0, 0.05) is 52.0 Å². The molecule has 0 aliphatic carbocycles. The van der Waals surface area contributed by atoms with E-state index in [2.05, 4.69) is 51.1 Å². The van der Waals surface area contributed by atoms with Crippen LogP contribution >= 0.6 is 0 Å². The van der Waals surface area contributed by atoms with Crippen molar-refractivity contribution in [2.45, 2.75) is 13.3 Å². The maximum absolute atomic E-state index is 4.92. The molecule has 2 aliphatic rings. The van der Waals surface area contributed by atoms with Crippen molar-refractivity contribution in [3.8, 4) is 0 Å². The molecule has 24 heavy (non-hydrogen) atoms. The fraction of sp³-hybridized carbons (Fsp3) is 0.667. The summed E-state index contributed by atoms with van der Waals surface area (Å²) in [6.45, 7) is 10.4. The molecule has 1 unspecified atom stereocenters. The minimum Gasteiger partial charge on any atom is -0.357 e. The number of hydrogen-bond acceptors (Lipinski definition) is 4. The average molecular weight is 330 g/mol. The van der Waals surface area contributed by atoms with Gasteiger partial charge in [-0.15, -0.1) is 0 Å². The molecule has 2 aliphatic heterocycles. The molecular weight excluding hydrogens is 300 g/mol. The van der Waals surface area contributed by atoms with Crippen molar-refractivity contribution in [1.82, 2.24) is 20.1 Å². The Morgan fingerprint density at radius 3 is 2.71 bits per heavy atom. The van der Waals surface area contributed by atoms with E-state index in [0.717, 1.165) is 51.0 Å². The summed E-state index contributed by atoms with van der Waals surface area (Å²) >= 11 is 0. The first kappa shape index (κ1) is 17.0. The summed E-state index contributed by atoms with van der Waals surface area (Å²) in [5.74, 6) is 2.86. The first-order valence-electron chi connectivity index (χ1n) is 9.14. The molecule has 132 valence electrons. The van der Waals surface area contributed by atoms with Crippen molar-refractivity contribution < 1.29 is 0 Å². The number of guanidine groups is 1. The van der Waals surface area contributed by atoms with Crippen molar-refractivity contribution in [3.05, 3.63) is 24.4 Å². The fourth-order valence-corrected chi connectivity index (χ4v) is 3.50. The molecule has 6 nitrogen and oxygen atoms in total. The third-order valence-corrected chi connectivity index (χ3v) is 4.88. The molecule has 1 aromatic rings. The molecule has 0 amide bonds. The van der Waals surface area contributed by atoms with Crippen LogP contribution in [0.4, 0.5) is 5.82 Å². The van der Waals surface area contributed by atoms with E-state index >= 15 is 0 Å². The predicted octanol–water partition coefficient (Wildman–Crippen LogP) is 1.12. The van der Waals surface area contributed by atoms with E-state index in [-0.39, 0.29) is 0 Å². The number of anilines is 1. The number of aromatic nitrogens is 1. The van der Waals surface area contributed by atoms with E-state index in [1.165, 1.54) is 19.5 Å². The molecule has 0 aromatic carbocycles. The number of likely N-dealkylation sites (tertiary alicyclic amines) is 1. The number of hydrogen-bond donors (Lipinski definition) is 1. The van der Waals surface area contributed by atoms with E-state index in [9.17, 15) is 0 Å². The second-order valence-electron chi connectivity index (χ2n) is 6.77. The Balaban J connectivity index is 1.55. The SMILES string of the molecule is CCNC(=NCC1CCN(C)C1)N1CCN(c2ccccn2)CC1. The molecule has 3 rings (SSSR count). The minimum atomic E-state index is 0.707. The average Bonchev–Trinajstić information content (AvgIpc) is 3.05. The van der Waals surface area contributed by atoms with Gasteiger partial charge in [0.2, 0.25) is 0 Å². The molecule has 1 N–H and O–H groups in total. The maximum Gasteiger partial charge on any atom is 0.194 e. The summed E-state index contributed by atoms with van der Waals surface area (Å²) < 4.78 is 0. The lowest BCUT2D eigenvalue weighted by Gasteiger charge is -2.37. The zero-order valence-corrected chi connectivity index (χ0v) is 15.0. The highest BCUT2D eigenvalue weighted by Crippen LogP contribution is 2.15. The van der Waals surface area contributed by atoms with Crippen molar-refractivity contribution in [3.63, 3.8) is 0 Å². The summed E-state index contributed by atoms with van der Waals surface area (Å²) in [7, 11) is 2.20. The van der Waals surface area contributed by atoms with E-state index in [1.807, 2.05) is 12.3 Å². The number of aliphatic imine (C=N–C) groups is 1. The van der Waals surface area contributed by atoms with Crippen LogP contribution in [-0.4, -0.2) is 80.1 Å². The van der Waals surface area contributed by atoms with Crippen LogP contribution in [0.1, 0.15) is 13.3 Å². The quantitative estimate of drug-likeness (QED) is 0.662. The summed E-state index contributed by atoms with van der Waals surface area (Å²) in [6, 6.07) is 6.11. The molecular formula is C18H30N6. The van der Waals surface area contributed by atoms with Gasteiger partial charge in [0.05, 0.1) is 0 Å². The van der Waals surface area contributed by atoms with E-state index < -0.39 is 0 Å². The van der Waals surface area contributed by atoms with Crippen LogP contribution in [0.15, 0.2) is 29.4 Å². The van der Waals surface area contributed by atoms with Gasteiger partial charge in [-0.1, -0.05) is 6.07 Å². The second-order valence-corrected chi connectivity index (χ2v) is 6.77. The Kier molecular flexibility index (Phi) is 5.91. The molecule has 0 saturated carbocycles. The second kappa shape index (κ2) is 8.33. The molecule has 0 bridgehead atoms. The molecule has 2 fully saturated rings. The highest BCUT2D eigenvalue weighted by Gasteiger charge is 2.22. The Morgan fingerprint density at radius 1 is 1.25 bits per heavy atom. The largest absolute Gasteiger partial charge is 0.357 e. The van der Waals surface area contributed by atoms with Crippen LogP contribution in [0.25, 0.3) is 0 Å². The number of piperazine rings is 1. The van der Waals surface area contributed by atoms with Crippen LogP contribution in [0.2, 0.25) is 0 Å². The van der Waals surface area contributed by atoms with Gasteiger partial charge < -0.3 is 20.0 Å². The fourth-order valence-electron chi connectivity index (χ4n) is 3.50. The van der Waals surface area contributed by atoms with E-state index in [0.29, 0.717) is 5.92 Å². The Hall–Kier alpha value is -1.82. The number of nitrogens with one attached hydrogen (secondary N) is 1. The van der Waals surface area contributed by atoms with Gasteiger partial charge in [-0.2, -0.15) is 0 Å². The van der Waals surface area contributed by atoms with Gasteiger partial charge >= 0.3 is 0 Å². The van der Waals surface area contributed by atoms with Gasteiger partial charge in [0.15, 0.2) is 5.96 Å². The standard InChI is InChI=1S/C18H30N6/c1-3-19-18(21-14-16-7-9-22(2)15-16)24-12-10-23(11-13-24)17-6-4-5-8-20-17/h4-6,8,16H,3,7,9-15H2,1-2H3,(H,19,21). The van der Waals surface area contributed by atoms with Gasteiger partial charge in [-0.05, 0) is 45.0 Å². The molecule has 6 heteroatoms. The summed E-state index contributed by atoms with van der Waals surface area (Å²) in [5.41, 5.74) is 0. The number of rotatable bonds is 4. The highest BCUT2D eigenvalue weighted by molar-refractivity contribution is 5.80. The number of nitrogens with zero attached hydrogens (tertiary/aromatic N) is 5. The van der Waals surface area contributed by atoms with Crippen LogP contribution in [0, 0.1) is 5.92 Å². The molecule has 0 spiro atoms. The van der Waals surface area contributed by atoms with E-state index in [1.54, 1.807) is 0 Å². The third-order valence-electron chi connectivity index (χ3n) is 4.88. The van der Waals surface area contributed by atoms with Crippen LogP contribution < -0.4 is 10.2 Å². The molecule has 3 heterocycles. The monoisotopic (exact) mass is 330 g/mol. The predicted molar refractivity (Wildman–Crippen MR) is 99.6 cm³/mol. The molecule has 1 aromatic heterocycles. The first-order valence-corrected chi connectivity index (χ1v) is 9.14. The van der Waals surface area contributed by atoms with Crippen LogP contribution in [-0.2, 0) is 0 Å². The van der Waals surface area contributed by atoms with Gasteiger partial charge in [0.1, 0.15) is 5.82 Å². The van der Waals surface area contributed by atoms with Crippen LogP contribution in [0.3, 0.4) is 0 Å². The highest BCUT2D eigenvalue weighted by atomic mass is 15.4. The lowest BCUT2D eigenvalue weighted by atomic mass is 10.1. The van der Waals surface area contributed by atoms with Crippen molar-refractivity contribution in [1.29, 1.82) is 0 Å². The lowest BCUT2D eigenvalue weighted by Crippen LogP contribution is -2.52. The summed E-state index contributed by atoms with van der Waals surface area (Å²) in [6.07, 6.45) is 3.14. The number of pyridine rings is 1. The van der Waals surface area contributed by atoms with Gasteiger partial charge in [-0.3, -0.25) is 4.99 Å².